The van der Waals surface area contributed by atoms with Crippen molar-refractivity contribution in [3.63, 3.8) is 0 Å². The molecule has 9 heteroatoms. The maximum atomic E-state index is 12.9. The van der Waals surface area contributed by atoms with E-state index in [1.807, 2.05) is 0 Å². The van der Waals surface area contributed by atoms with Crippen molar-refractivity contribution in [3.05, 3.63) is 35.9 Å². The molecular formula is C17H21N3O6. The van der Waals surface area contributed by atoms with Gasteiger partial charge in [-0.05, 0) is 20.8 Å². The lowest BCUT2D eigenvalue weighted by Gasteiger charge is -2.28. The van der Waals surface area contributed by atoms with E-state index in [1.54, 1.807) is 51.1 Å². The number of hydrazine groups is 1. The second-order valence-electron chi connectivity index (χ2n) is 5.00. The first-order valence-electron chi connectivity index (χ1n) is 8.27. The number of rotatable bonds is 5. The summed E-state index contributed by atoms with van der Waals surface area (Å²) in [6.07, 6.45) is -3.13. The van der Waals surface area contributed by atoms with Crippen LogP contribution in [0.25, 0.3) is 0 Å². The maximum Gasteiger partial charge on any atom is 0.437 e. The van der Waals surface area contributed by atoms with Gasteiger partial charge >= 0.3 is 18.2 Å². The fourth-order valence-electron chi connectivity index (χ4n) is 2.29. The number of benzene rings is 1. The van der Waals surface area contributed by atoms with E-state index in [0.29, 0.717) is 5.56 Å². The highest BCUT2D eigenvalue weighted by Crippen LogP contribution is 2.23. The second kappa shape index (κ2) is 8.84. The highest BCUT2D eigenvalue weighted by molar-refractivity contribution is 6.05. The largest absolute Gasteiger partial charge is 0.464 e. The first-order chi connectivity index (χ1) is 12.5. The molecule has 1 aromatic rings. The van der Waals surface area contributed by atoms with E-state index < -0.39 is 24.1 Å². The summed E-state index contributed by atoms with van der Waals surface area (Å²) < 4.78 is 15.3. The van der Waals surface area contributed by atoms with E-state index in [1.165, 1.54) is 0 Å². The summed E-state index contributed by atoms with van der Waals surface area (Å²) in [5.41, 5.74) is 0.331. The topological polar surface area (TPSA) is 97.7 Å². The van der Waals surface area contributed by atoms with Crippen molar-refractivity contribution >= 4 is 24.0 Å². The van der Waals surface area contributed by atoms with E-state index in [0.717, 1.165) is 10.0 Å². The molecule has 0 spiro atoms. The minimum absolute atomic E-state index is 0.0578. The third kappa shape index (κ3) is 3.93. The lowest BCUT2D eigenvalue weighted by molar-refractivity contribution is 0.00289. The standard InChI is InChI=1S/C17H21N3O6/c1-4-24-15-18-14(13(21)12-10-8-7-9-11-12)19(16(22)25-5-2)20(15)17(23)26-6-3/h7-11,14H,4-6H2,1-3H3. The van der Waals surface area contributed by atoms with Gasteiger partial charge in [-0.15, -0.1) is 5.01 Å². The summed E-state index contributed by atoms with van der Waals surface area (Å²) in [5.74, 6) is -0.484. The number of hydrogen-bond acceptors (Lipinski definition) is 7. The number of carbonyl (C=O) groups is 3. The van der Waals surface area contributed by atoms with Crippen molar-refractivity contribution < 1.29 is 28.6 Å². The molecule has 0 fully saturated rings. The van der Waals surface area contributed by atoms with Gasteiger partial charge in [-0.2, -0.15) is 10.0 Å². The van der Waals surface area contributed by atoms with Gasteiger partial charge in [0.15, 0.2) is 0 Å². The molecule has 0 saturated carbocycles. The Morgan fingerprint density at radius 3 is 2.15 bits per heavy atom. The smallest absolute Gasteiger partial charge is 0.437 e. The van der Waals surface area contributed by atoms with Crippen molar-refractivity contribution in [1.82, 2.24) is 10.0 Å². The molecule has 9 nitrogen and oxygen atoms in total. The Balaban J connectivity index is 2.44. The highest BCUT2D eigenvalue weighted by Gasteiger charge is 2.47. The summed E-state index contributed by atoms with van der Waals surface area (Å²) in [5, 5.41) is 1.60. The van der Waals surface area contributed by atoms with Crippen LogP contribution in [0.15, 0.2) is 35.3 Å². The monoisotopic (exact) mass is 363 g/mol. The van der Waals surface area contributed by atoms with Crippen molar-refractivity contribution in [3.8, 4) is 0 Å². The van der Waals surface area contributed by atoms with E-state index in [4.69, 9.17) is 14.2 Å². The van der Waals surface area contributed by atoms with E-state index in [-0.39, 0.29) is 25.8 Å². The normalized spacial score (nSPS) is 16.1. The number of ketones is 1. The molecule has 1 aromatic carbocycles. The average Bonchev–Trinajstić information content (AvgIpc) is 3.02. The van der Waals surface area contributed by atoms with Crippen LogP contribution in [0, 0.1) is 0 Å². The molecule has 2 rings (SSSR count). The van der Waals surface area contributed by atoms with Crippen molar-refractivity contribution in [2.75, 3.05) is 19.8 Å². The summed E-state index contributed by atoms with van der Waals surface area (Å²) in [6.45, 7) is 5.23. The zero-order chi connectivity index (χ0) is 19.1. The van der Waals surface area contributed by atoms with Crippen LogP contribution in [0.1, 0.15) is 31.1 Å². The molecule has 1 aliphatic rings. The Morgan fingerprint density at radius 2 is 1.58 bits per heavy atom. The van der Waals surface area contributed by atoms with Gasteiger partial charge in [0.1, 0.15) is 0 Å². The number of carbonyl (C=O) groups excluding carboxylic acids is 3. The molecule has 1 unspecified atom stereocenters. The lowest BCUT2D eigenvalue weighted by atomic mass is 10.1. The number of hydrogen-bond donors (Lipinski definition) is 0. The molecule has 2 amide bonds. The zero-order valence-corrected chi connectivity index (χ0v) is 14.9. The SMILES string of the molecule is CCOC(=O)N1C(OCC)=NC(C(=O)c2ccccc2)N1C(=O)OCC. The molecule has 0 aromatic heterocycles. The van der Waals surface area contributed by atoms with Gasteiger partial charge < -0.3 is 14.2 Å². The molecule has 0 aliphatic carbocycles. The molecule has 1 aliphatic heterocycles. The van der Waals surface area contributed by atoms with Crippen molar-refractivity contribution in [2.24, 2.45) is 4.99 Å². The third-order valence-corrected chi connectivity index (χ3v) is 3.32. The van der Waals surface area contributed by atoms with Crippen LogP contribution in [-0.2, 0) is 14.2 Å². The van der Waals surface area contributed by atoms with E-state index in [9.17, 15) is 14.4 Å². The van der Waals surface area contributed by atoms with Gasteiger partial charge in [0.25, 0.3) is 0 Å². The highest BCUT2D eigenvalue weighted by atomic mass is 16.6. The Kier molecular flexibility index (Phi) is 6.54. The molecule has 0 saturated heterocycles. The first-order valence-corrected chi connectivity index (χ1v) is 8.27. The number of Topliss-reactive ketones (excluding diaryl/α,β-unsaturated/α-hetero) is 1. The van der Waals surface area contributed by atoms with Gasteiger partial charge in [0, 0.05) is 5.56 Å². The maximum absolute atomic E-state index is 12.9. The zero-order valence-electron chi connectivity index (χ0n) is 14.9. The Morgan fingerprint density at radius 1 is 0.962 bits per heavy atom. The number of amides is 2. The molecule has 140 valence electrons. The van der Waals surface area contributed by atoms with E-state index in [2.05, 4.69) is 4.99 Å². The van der Waals surface area contributed by atoms with Crippen molar-refractivity contribution in [2.45, 2.75) is 26.9 Å². The van der Waals surface area contributed by atoms with Crippen molar-refractivity contribution in [1.29, 1.82) is 0 Å². The average molecular weight is 363 g/mol. The molecule has 26 heavy (non-hydrogen) atoms. The first kappa shape index (κ1) is 19.2. The molecule has 1 atom stereocenters. The Hall–Kier alpha value is -3.10. The predicted molar refractivity (Wildman–Crippen MR) is 91.3 cm³/mol. The third-order valence-electron chi connectivity index (χ3n) is 3.32. The number of amidine groups is 1. The van der Waals surface area contributed by atoms with Crippen LogP contribution < -0.4 is 0 Å². The Labute approximate surface area is 151 Å². The van der Waals surface area contributed by atoms with Crippen LogP contribution in [0.5, 0.6) is 0 Å². The fraction of sp³-hybridized carbons (Fsp3) is 0.412. The van der Waals surface area contributed by atoms with Gasteiger partial charge in [-0.1, -0.05) is 30.3 Å². The molecule has 0 N–H and O–H groups in total. The molecular weight excluding hydrogens is 342 g/mol. The van der Waals surface area contributed by atoms with Crippen LogP contribution >= 0.6 is 0 Å². The van der Waals surface area contributed by atoms with Crippen LogP contribution in [0.3, 0.4) is 0 Å². The number of ether oxygens (including phenoxy) is 3. The second-order valence-corrected chi connectivity index (χ2v) is 5.00. The number of nitrogens with zero attached hydrogens (tertiary/aromatic N) is 3. The van der Waals surface area contributed by atoms with Gasteiger partial charge in [0.05, 0.1) is 19.8 Å². The quantitative estimate of drug-likeness (QED) is 0.745. The minimum atomic E-state index is -1.33. The molecule has 0 radical (unpaired) electrons. The summed E-state index contributed by atoms with van der Waals surface area (Å²) in [7, 11) is 0. The lowest BCUT2D eigenvalue weighted by Crippen LogP contribution is -2.54. The van der Waals surface area contributed by atoms with E-state index >= 15 is 0 Å². The van der Waals surface area contributed by atoms with Crippen LogP contribution in [-0.4, -0.2) is 60.0 Å². The van der Waals surface area contributed by atoms with Gasteiger partial charge in [-0.25, -0.2) is 9.59 Å². The predicted octanol–water partition coefficient (Wildman–Crippen LogP) is 2.43. The number of aliphatic imine (C=N–C) groups is 1. The molecule has 0 bridgehead atoms. The fourth-order valence-corrected chi connectivity index (χ4v) is 2.29. The minimum Gasteiger partial charge on any atom is -0.464 e. The summed E-state index contributed by atoms with van der Waals surface area (Å²) >= 11 is 0. The van der Waals surface area contributed by atoms with Gasteiger partial charge in [-0.3, -0.25) is 4.79 Å². The molecule has 1 heterocycles. The summed E-state index contributed by atoms with van der Waals surface area (Å²) in [6, 6.07) is 8.12. The Bertz CT molecular complexity index is 691. The van der Waals surface area contributed by atoms with Gasteiger partial charge in [0.2, 0.25) is 11.9 Å². The van der Waals surface area contributed by atoms with Crippen LogP contribution in [0.4, 0.5) is 9.59 Å². The summed E-state index contributed by atoms with van der Waals surface area (Å²) in [4.78, 5) is 41.7. The van der Waals surface area contributed by atoms with Crippen LogP contribution in [0.2, 0.25) is 0 Å².